The van der Waals surface area contributed by atoms with E-state index in [0.29, 0.717) is 29.8 Å². The first-order valence-corrected chi connectivity index (χ1v) is 9.02. The zero-order valence-electron chi connectivity index (χ0n) is 15.5. The van der Waals surface area contributed by atoms with Crippen LogP contribution < -0.4 is 16.4 Å². The number of nitrogens with zero attached hydrogens (tertiary/aromatic N) is 1. The van der Waals surface area contributed by atoms with Gasteiger partial charge < -0.3 is 11.1 Å². The normalized spacial score (nSPS) is 20.1. The van der Waals surface area contributed by atoms with Gasteiger partial charge in [-0.2, -0.15) is 0 Å². The standard InChI is InChI=1S/C19H24N4O4/c1-19(2,20)8-9-21-10-11-4-3-5-12-15(11)18(27)23(17(12)26)13-6-7-14(24)22-16(13)25/h3-5,13,21H,6-10,20H2,1-2H3,(H,22,24,25). The van der Waals surface area contributed by atoms with E-state index in [2.05, 4.69) is 10.6 Å². The Morgan fingerprint density at radius 1 is 1.22 bits per heavy atom. The van der Waals surface area contributed by atoms with Gasteiger partial charge in [-0.25, -0.2) is 0 Å². The number of benzene rings is 1. The van der Waals surface area contributed by atoms with Crippen molar-refractivity contribution in [2.24, 2.45) is 5.73 Å². The molecule has 0 aromatic heterocycles. The summed E-state index contributed by atoms with van der Waals surface area (Å²) in [4.78, 5) is 50.1. The summed E-state index contributed by atoms with van der Waals surface area (Å²) in [6.07, 6.45) is 1.01. The van der Waals surface area contributed by atoms with Crippen molar-refractivity contribution in [1.82, 2.24) is 15.5 Å². The summed E-state index contributed by atoms with van der Waals surface area (Å²) >= 11 is 0. The van der Waals surface area contributed by atoms with E-state index in [1.54, 1.807) is 18.2 Å². The zero-order valence-corrected chi connectivity index (χ0v) is 15.5. The second-order valence-corrected chi connectivity index (χ2v) is 7.70. The third-order valence-corrected chi connectivity index (χ3v) is 4.82. The van der Waals surface area contributed by atoms with Gasteiger partial charge in [-0.05, 0) is 44.9 Å². The van der Waals surface area contributed by atoms with Crippen LogP contribution in [-0.4, -0.2) is 46.7 Å². The number of nitrogens with two attached hydrogens (primary N) is 1. The minimum absolute atomic E-state index is 0.104. The molecule has 8 heteroatoms. The predicted molar refractivity (Wildman–Crippen MR) is 97.7 cm³/mol. The van der Waals surface area contributed by atoms with Gasteiger partial charge in [-0.1, -0.05) is 12.1 Å². The number of piperidine rings is 1. The molecule has 1 aromatic rings. The highest BCUT2D eigenvalue weighted by atomic mass is 16.2. The smallest absolute Gasteiger partial charge is 0.262 e. The summed E-state index contributed by atoms with van der Waals surface area (Å²) in [6, 6.07) is 4.16. The molecule has 1 saturated heterocycles. The fraction of sp³-hybridized carbons (Fsp3) is 0.474. The van der Waals surface area contributed by atoms with Crippen molar-refractivity contribution in [3.05, 3.63) is 34.9 Å². The van der Waals surface area contributed by atoms with Crippen LogP contribution in [0.2, 0.25) is 0 Å². The lowest BCUT2D eigenvalue weighted by Gasteiger charge is -2.27. The lowest BCUT2D eigenvalue weighted by Crippen LogP contribution is -2.54. The number of carbonyl (C=O) groups excluding carboxylic acids is 4. The average Bonchev–Trinajstić information content (AvgIpc) is 2.83. The molecule has 2 aliphatic rings. The maximum absolute atomic E-state index is 12.9. The summed E-state index contributed by atoms with van der Waals surface area (Å²) in [7, 11) is 0. The van der Waals surface area contributed by atoms with Gasteiger partial charge in [-0.15, -0.1) is 0 Å². The van der Waals surface area contributed by atoms with Crippen LogP contribution in [0.3, 0.4) is 0 Å². The summed E-state index contributed by atoms with van der Waals surface area (Å²) < 4.78 is 0. The lowest BCUT2D eigenvalue weighted by molar-refractivity contribution is -0.136. The monoisotopic (exact) mass is 372 g/mol. The Hall–Kier alpha value is -2.58. The van der Waals surface area contributed by atoms with Crippen LogP contribution in [0.4, 0.5) is 0 Å². The van der Waals surface area contributed by atoms with E-state index in [1.165, 1.54) is 0 Å². The van der Waals surface area contributed by atoms with Crippen LogP contribution in [-0.2, 0) is 16.1 Å². The zero-order chi connectivity index (χ0) is 19.8. The van der Waals surface area contributed by atoms with E-state index in [9.17, 15) is 19.2 Å². The van der Waals surface area contributed by atoms with Crippen LogP contribution in [0.5, 0.6) is 0 Å². The average molecular weight is 372 g/mol. The highest BCUT2D eigenvalue weighted by Crippen LogP contribution is 2.29. The maximum Gasteiger partial charge on any atom is 0.262 e. The molecule has 1 unspecified atom stereocenters. The van der Waals surface area contributed by atoms with Crippen LogP contribution in [0.25, 0.3) is 0 Å². The number of rotatable bonds is 6. The van der Waals surface area contributed by atoms with E-state index in [-0.39, 0.29) is 24.3 Å². The van der Waals surface area contributed by atoms with E-state index >= 15 is 0 Å². The van der Waals surface area contributed by atoms with Crippen molar-refractivity contribution in [1.29, 1.82) is 0 Å². The van der Waals surface area contributed by atoms with Crippen molar-refractivity contribution < 1.29 is 19.2 Å². The first-order chi connectivity index (χ1) is 12.7. The first-order valence-electron chi connectivity index (χ1n) is 9.02. The molecule has 0 radical (unpaired) electrons. The Kier molecular flexibility index (Phi) is 5.12. The molecule has 0 aliphatic carbocycles. The summed E-state index contributed by atoms with van der Waals surface area (Å²) in [5.41, 5.74) is 6.99. The number of hydrogen-bond acceptors (Lipinski definition) is 6. The molecule has 2 heterocycles. The Bertz CT molecular complexity index is 812. The summed E-state index contributed by atoms with van der Waals surface area (Å²) in [5.74, 6) is -1.97. The molecule has 0 bridgehead atoms. The van der Waals surface area contributed by atoms with Crippen LogP contribution in [0.1, 0.15) is 59.4 Å². The highest BCUT2D eigenvalue weighted by Gasteiger charge is 2.45. The van der Waals surface area contributed by atoms with Gasteiger partial charge in [0.05, 0.1) is 11.1 Å². The van der Waals surface area contributed by atoms with Crippen molar-refractivity contribution >= 4 is 23.6 Å². The molecule has 1 aromatic carbocycles. The minimum atomic E-state index is -0.950. The first kappa shape index (κ1) is 19.2. The fourth-order valence-corrected chi connectivity index (χ4v) is 3.37. The number of imide groups is 2. The third kappa shape index (κ3) is 3.91. The van der Waals surface area contributed by atoms with Crippen LogP contribution >= 0.6 is 0 Å². The summed E-state index contributed by atoms with van der Waals surface area (Å²) in [6.45, 7) is 4.97. The Labute approximate surface area is 157 Å². The SMILES string of the molecule is CC(C)(N)CCNCc1cccc2c1C(=O)N(C1CCC(=O)NC1=O)C2=O. The van der Waals surface area contributed by atoms with Crippen molar-refractivity contribution in [2.45, 2.75) is 51.2 Å². The number of amides is 4. The molecule has 144 valence electrons. The minimum Gasteiger partial charge on any atom is -0.326 e. The third-order valence-electron chi connectivity index (χ3n) is 4.82. The van der Waals surface area contributed by atoms with Gasteiger partial charge in [0.15, 0.2) is 0 Å². The van der Waals surface area contributed by atoms with E-state index in [0.717, 1.165) is 11.3 Å². The molecule has 3 rings (SSSR count). The second kappa shape index (κ2) is 7.21. The van der Waals surface area contributed by atoms with Crippen LogP contribution in [0, 0.1) is 0 Å². The molecular formula is C19H24N4O4. The molecule has 0 saturated carbocycles. The molecular weight excluding hydrogens is 348 g/mol. The largest absolute Gasteiger partial charge is 0.326 e. The Morgan fingerprint density at radius 3 is 2.63 bits per heavy atom. The van der Waals surface area contributed by atoms with Crippen molar-refractivity contribution in [3.8, 4) is 0 Å². The van der Waals surface area contributed by atoms with E-state index < -0.39 is 23.8 Å². The molecule has 4 amide bonds. The molecule has 0 spiro atoms. The molecule has 1 fully saturated rings. The molecule has 27 heavy (non-hydrogen) atoms. The molecule has 1 atom stereocenters. The van der Waals surface area contributed by atoms with E-state index in [4.69, 9.17) is 5.73 Å². The van der Waals surface area contributed by atoms with Gasteiger partial charge in [0.2, 0.25) is 11.8 Å². The molecule has 4 N–H and O–H groups in total. The molecule has 2 aliphatic heterocycles. The van der Waals surface area contributed by atoms with Crippen LogP contribution in [0.15, 0.2) is 18.2 Å². The maximum atomic E-state index is 12.9. The number of nitrogens with one attached hydrogen (secondary N) is 2. The van der Waals surface area contributed by atoms with Crippen molar-refractivity contribution in [2.75, 3.05) is 6.54 Å². The van der Waals surface area contributed by atoms with Gasteiger partial charge in [-0.3, -0.25) is 29.4 Å². The number of carbonyl (C=O) groups is 4. The fourth-order valence-electron chi connectivity index (χ4n) is 3.37. The number of hydrogen-bond donors (Lipinski definition) is 3. The highest BCUT2D eigenvalue weighted by molar-refractivity contribution is 6.24. The number of fused-ring (bicyclic) bond motifs is 1. The quantitative estimate of drug-likeness (QED) is 0.488. The van der Waals surface area contributed by atoms with E-state index in [1.807, 2.05) is 13.8 Å². The van der Waals surface area contributed by atoms with Crippen molar-refractivity contribution in [3.63, 3.8) is 0 Å². The Morgan fingerprint density at radius 2 is 1.96 bits per heavy atom. The topological polar surface area (TPSA) is 122 Å². The van der Waals surface area contributed by atoms with Gasteiger partial charge in [0.1, 0.15) is 6.04 Å². The summed E-state index contributed by atoms with van der Waals surface area (Å²) in [5, 5.41) is 5.44. The second-order valence-electron chi connectivity index (χ2n) is 7.70. The predicted octanol–water partition coefficient (Wildman–Crippen LogP) is 0.305. The Balaban J connectivity index is 1.78. The van der Waals surface area contributed by atoms with Gasteiger partial charge in [0, 0.05) is 18.5 Å². The van der Waals surface area contributed by atoms with Gasteiger partial charge >= 0.3 is 0 Å². The van der Waals surface area contributed by atoms with Gasteiger partial charge in [0.25, 0.3) is 11.8 Å². The lowest BCUT2D eigenvalue weighted by atomic mass is 10.0. The molecule has 8 nitrogen and oxygen atoms in total.